The van der Waals surface area contributed by atoms with Gasteiger partial charge < -0.3 is 19.8 Å². The summed E-state index contributed by atoms with van der Waals surface area (Å²) in [7, 11) is 0. The fourth-order valence-electron chi connectivity index (χ4n) is 1.31. The van der Waals surface area contributed by atoms with Crippen LogP contribution in [0.4, 0.5) is 0 Å². The van der Waals surface area contributed by atoms with Crippen LogP contribution in [0.1, 0.15) is 32.4 Å². The molecule has 0 amide bonds. The fourth-order valence-corrected chi connectivity index (χ4v) is 1.31. The zero-order chi connectivity index (χ0) is 15.1. The van der Waals surface area contributed by atoms with Crippen molar-refractivity contribution >= 4 is 11.9 Å². The first-order chi connectivity index (χ1) is 9.40. The molecule has 6 nitrogen and oxygen atoms in total. The number of pyridine rings is 2. The van der Waals surface area contributed by atoms with Crippen molar-refractivity contribution in [2.45, 2.75) is 13.8 Å². The van der Waals surface area contributed by atoms with Gasteiger partial charge in [-0.15, -0.1) is 0 Å². The first kappa shape index (κ1) is 18.9. The maximum absolute atomic E-state index is 10.2. The molecule has 0 aliphatic carbocycles. The molecule has 0 aliphatic rings. The second kappa shape index (κ2) is 8.92. The minimum absolute atomic E-state index is 0. The first-order valence-corrected chi connectivity index (χ1v) is 5.70. The van der Waals surface area contributed by atoms with Crippen molar-refractivity contribution in [3.8, 4) is 0 Å². The van der Waals surface area contributed by atoms with Crippen LogP contribution in [0.2, 0.25) is 0 Å². The Morgan fingerprint density at radius 3 is 1.33 bits per heavy atom. The van der Waals surface area contributed by atoms with Gasteiger partial charge in [-0.05, 0) is 38.1 Å². The molecule has 7 heteroatoms. The number of carboxylic acid groups (broad SMARTS) is 2. The molecule has 0 bridgehead atoms. The number of aromatic nitrogens is 2. The van der Waals surface area contributed by atoms with Crippen LogP contribution in [-0.2, 0) is 19.5 Å². The Labute approximate surface area is 134 Å². The summed E-state index contributed by atoms with van der Waals surface area (Å²) in [6.45, 7) is 3.46. The van der Waals surface area contributed by atoms with Crippen LogP contribution in [0, 0.1) is 13.8 Å². The van der Waals surface area contributed by atoms with Crippen molar-refractivity contribution in [3.63, 3.8) is 0 Å². The Kier molecular flexibility index (Phi) is 8.01. The molecule has 21 heavy (non-hydrogen) atoms. The molecule has 0 N–H and O–H groups in total. The molecule has 2 rings (SSSR count). The van der Waals surface area contributed by atoms with Crippen LogP contribution in [0.25, 0.3) is 0 Å². The molecular formula is C14H12N2O4Zn. The summed E-state index contributed by atoms with van der Waals surface area (Å²) < 4.78 is 0. The van der Waals surface area contributed by atoms with Crippen LogP contribution in [-0.4, -0.2) is 21.9 Å². The molecule has 0 aromatic carbocycles. The number of carboxylic acids is 2. The van der Waals surface area contributed by atoms with Crippen molar-refractivity contribution in [2.24, 2.45) is 0 Å². The van der Waals surface area contributed by atoms with Gasteiger partial charge in [-0.2, -0.15) is 0 Å². The molecule has 2 aromatic heterocycles. The van der Waals surface area contributed by atoms with E-state index in [1.54, 1.807) is 38.1 Å². The second-order valence-corrected chi connectivity index (χ2v) is 3.90. The zero-order valence-electron chi connectivity index (χ0n) is 11.7. The summed E-state index contributed by atoms with van der Waals surface area (Å²) in [5.74, 6) is -2.47. The average Bonchev–Trinajstić information content (AvgIpc) is 2.39. The van der Waals surface area contributed by atoms with E-state index >= 15 is 0 Å². The van der Waals surface area contributed by atoms with E-state index in [0.717, 1.165) is 0 Å². The molecule has 0 atom stereocenters. The van der Waals surface area contributed by atoms with E-state index in [1.807, 2.05) is 0 Å². The zero-order valence-corrected chi connectivity index (χ0v) is 14.7. The van der Waals surface area contributed by atoms with Gasteiger partial charge in [0.05, 0.1) is 23.3 Å². The largest absolute Gasteiger partial charge is 2.00 e. The van der Waals surface area contributed by atoms with E-state index in [4.69, 9.17) is 0 Å². The number of nitrogens with zero attached hydrogens (tertiary/aromatic N) is 2. The van der Waals surface area contributed by atoms with Crippen LogP contribution in [0.3, 0.4) is 0 Å². The van der Waals surface area contributed by atoms with Crippen molar-refractivity contribution in [2.75, 3.05) is 0 Å². The minimum Gasteiger partial charge on any atom is -0.543 e. The summed E-state index contributed by atoms with van der Waals surface area (Å²) in [5.41, 5.74) is 1.34. The number of aryl methyl sites for hydroxylation is 2. The van der Waals surface area contributed by atoms with Crippen molar-refractivity contribution in [1.82, 2.24) is 9.97 Å². The van der Waals surface area contributed by atoms with Gasteiger partial charge in [-0.1, -0.05) is 12.1 Å². The maximum Gasteiger partial charge on any atom is 2.00 e. The van der Waals surface area contributed by atoms with Crippen LogP contribution in [0.5, 0.6) is 0 Å². The van der Waals surface area contributed by atoms with Crippen LogP contribution < -0.4 is 10.2 Å². The Morgan fingerprint density at radius 2 is 1.14 bits per heavy atom. The van der Waals surface area contributed by atoms with Crippen molar-refractivity contribution in [1.29, 1.82) is 0 Å². The maximum atomic E-state index is 10.2. The SMILES string of the molecule is Cc1cccc(C(=O)[O-])n1.Cc1cccc(C(=O)[O-])n1.[Zn+2]. The summed E-state index contributed by atoms with van der Waals surface area (Å²) in [4.78, 5) is 27.8. The summed E-state index contributed by atoms with van der Waals surface area (Å²) in [6, 6.07) is 9.53. The van der Waals surface area contributed by atoms with E-state index in [1.165, 1.54) is 12.1 Å². The Balaban J connectivity index is 0.000000364. The topological polar surface area (TPSA) is 106 Å². The Morgan fingerprint density at radius 1 is 0.810 bits per heavy atom. The van der Waals surface area contributed by atoms with Gasteiger partial charge in [-0.3, -0.25) is 9.97 Å². The van der Waals surface area contributed by atoms with Gasteiger partial charge in [-0.25, -0.2) is 0 Å². The van der Waals surface area contributed by atoms with Gasteiger partial charge in [0.2, 0.25) is 0 Å². The number of carbonyl (C=O) groups excluding carboxylic acids is 2. The number of rotatable bonds is 2. The first-order valence-electron chi connectivity index (χ1n) is 5.70. The fraction of sp³-hybridized carbons (Fsp3) is 0.143. The molecule has 0 aliphatic heterocycles. The van der Waals surface area contributed by atoms with Crippen LogP contribution in [0.15, 0.2) is 36.4 Å². The Hall–Kier alpha value is -2.14. The minimum atomic E-state index is -1.23. The van der Waals surface area contributed by atoms with Gasteiger partial charge in [0.25, 0.3) is 0 Å². The average molecular weight is 338 g/mol. The van der Waals surface area contributed by atoms with E-state index in [-0.39, 0.29) is 30.9 Å². The third kappa shape index (κ3) is 6.72. The van der Waals surface area contributed by atoms with Gasteiger partial charge in [0.1, 0.15) is 0 Å². The smallest absolute Gasteiger partial charge is 0.543 e. The monoisotopic (exact) mass is 336 g/mol. The Bertz CT molecular complexity index is 576. The molecule has 2 heterocycles. The molecule has 0 saturated heterocycles. The number of aromatic carboxylic acids is 2. The number of hydrogen-bond acceptors (Lipinski definition) is 6. The second-order valence-electron chi connectivity index (χ2n) is 3.90. The standard InChI is InChI=1S/2C7H7NO2.Zn/c2*1-5-3-2-4-6(8-5)7(9)10;/h2*2-4H,1H3,(H,9,10);/q;;+2/p-2. The summed E-state index contributed by atoms with van der Waals surface area (Å²) in [5, 5.41) is 20.4. The van der Waals surface area contributed by atoms with Gasteiger partial charge in [0.15, 0.2) is 0 Å². The number of carbonyl (C=O) groups is 2. The summed E-state index contributed by atoms with van der Waals surface area (Å²) in [6.07, 6.45) is 0. The molecule has 0 saturated carbocycles. The molecule has 0 unspecified atom stereocenters. The van der Waals surface area contributed by atoms with E-state index in [9.17, 15) is 19.8 Å². The van der Waals surface area contributed by atoms with E-state index in [0.29, 0.717) is 11.4 Å². The predicted molar refractivity (Wildman–Crippen MR) is 66.6 cm³/mol. The third-order valence-corrected chi connectivity index (χ3v) is 2.19. The normalized spacial score (nSPS) is 8.86. The molecule has 104 valence electrons. The molecular weight excluding hydrogens is 326 g/mol. The van der Waals surface area contributed by atoms with Crippen LogP contribution >= 0.6 is 0 Å². The van der Waals surface area contributed by atoms with Crippen molar-refractivity contribution in [3.05, 3.63) is 59.2 Å². The van der Waals surface area contributed by atoms with Gasteiger partial charge >= 0.3 is 19.5 Å². The predicted octanol–water partition coefficient (Wildman–Crippen LogP) is -0.495. The molecule has 0 spiro atoms. The van der Waals surface area contributed by atoms with Gasteiger partial charge in [0, 0.05) is 11.4 Å². The van der Waals surface area contributed by atoms with E-state index < -0.39 is 11.9 Å². The molecule has 2 aromatic rings. The molecule has 0 radical (unpaired) electrons. The molecule has 0 fully saturated rings. The van der Waals surface area contributed by atoms with E-state index in [2.05, 4.69) is 9.97 Å². The summed E-state index contributed by atoms with van der Waals surface area (Å²) >= 11 is 0. The quantitative estimate of drug-likeness (QED) is 0.684. The van der Waals surface area contributed by atoms with Crippen molar-refractivity contribution < 1.29 is 39.3 Å². The number of hydrogen-bond donors (Lipinski definition) is 0. The third-order valence-electron chi connectivity index (χ3n) is 2.19.